The first-order valence-corrected chi connectivity index (χ1v) is 5.49. The van der Waals surface area contributed by atoms with Crippen molar-refractivity contribution in [3.63, 3.8) is 0 Å². The van der Waals surface area contributed by atoms with E-state index in [1.165, 1.54) is 0 Å². The van der Waals surface area contributed by atoms with Crippen LogP contribution in [0.25, 0.3) is 0 Å². The van der Waals surface area contributed by atoms with Gasteiger partial charge in [-0.2, -0.15) is 5.26 Å². The molecule has 5 nitrogen and oxygen atoms in total. The molecule has 0 fully saturated rings. The number of nitriles is 1. The molecule has 0 saturated heterocycles. The molecule has 1 atom stereocenters. The fourth-order valence-electron chi connectivity index (χ4n) is 1.79. The lowest BCUT2D eigenvalue weighted by Gasteiger charge is -2.26. The zero-order chi connectivity index (χ0) is 13.8. The van der Waals surface area contributed by atoms with Gasteiger partial charge in [0.1, 0.15) is 6.29 Å². The van der Waals surface area contributed by atoms with Crippen LogP contribution in [0.15, 0.2) is 24.3 Å². The summed E-state index contributed by atoms with van der Waals surface area (Å²) < 4.78 is 0. The minimum absolute atomic E-state index is 0.308. The first kappa shape index (κ1) is 13.8. The Labute approximate surface area is 105 Å². The number of rotatable bonds is 5. The minimum atomic E-state index is -0.818. The molecule has 18 heavy (non-hydrogen) atoms. The Bertz CT molecular complexity index is 486. The van der Waals surface area contributed by atoms with Gasteiger partial charge in [0.25, 0.3) is 0 Å². The first-order chi connectivity index (χ1) is 8.40. The Balaban J connectivity index is 3.13. The van der Waals surface area contributed by atoms with E-state index in [-0.39, 0.29) is 6.54 Å². The summed E-state index contributed by atoms with van der Waals surface area (Å²) in [4.78, 5) is 21.4. The maximum atomic E-state index is 11.1. The lowest BCUT2D eigenvalue weighted by molar-refractivity contribution is -0.485. The number of aldehydes is 1. The van der Waals surface area contributed by atoms with E-state index in [1.807, 2.05) is 6.07 Å². The molecule has 94 valence electrons. The summed E-state index contributed by atoms with van der Waals surface area (Å²) in [6, 6.07) is 8.51. The zero-order valence-corrected chi connectivity index (χ0v) is 10.3. The van der Waals surface area contributed by atoms with Crippen molar-refractivity contribution in [2.24, 2.45) is 5.41 Å². The quantitative estimate of drug-likeness (QED) is 0.452. The van der Waals surface area contributed by atoms with Crippen LogP contribution in [0, 0.1) is 26.9 Å². The summed E-state index contributed by atoms with van der Waals surface area (Å²) in [5.41, 5.74) is 0.367. The van der Waals surface area contributed by atoms with Crippen LogP contribution in [0.5, 0.6) is 0 Å². The fourth-order valence-corrected chi connectivity index (χ4v) is 1.79. The lowest BCUT2D eigenvalue weighted by Crippen LogP contribution is -2.29. The molecule has 0 aromatic heterocycles. The molecule has 0 N–H and O–H groups in total. The average Bonchev–Trinajstić information content (AvgIpc) is 2.36. The first-order valence-electron chi connectivity index (χ1n) is 5.49. The maximum absolute atomic E-state index is 11.1. The molecule has 1 rings (SSSR count). The zero-order valence-electron chi connectivity index (χ0n) is 10.3. The largest absolute Gasteiger partial charge is 0.303 e. The SMILES string of the molecule is CC(C)(C=O)[C@H](C[N+](=O)[O-])c1ccc(C#N)cc1. The summed E-state index contributed by atoms with van der Waals surface area (Å²) in [5.74, 6) is -0.502. The summed E-state index contributed by atoms with van der Waals surface area (Å²) in [5, 5.41) is 19.4. The van der Waals surface area contributed by atoms with Crippen LogP contribution in [0.4, 0.5) is 0 Å². The maximum Gasteiger partial charge on any atom is 0.211 e. The van der Waals surface area contributed by atoms with Gasteiger partial charge in [0.05, 0.1) is 17.6 Å². The van der Waals surface area contributed by atoms with Crippen LogP contribution in [0.2, 0.25) is 0 Å². The van der Waals surface area contributed by atoms with E-state index in [0.717, 1.165) is 6.29 Å². The summed E-state index contributed by atoms with van der Waals surface area (Å²) in [7, 11) is 0. The normalized spacial score (nSPS) is 12.5. The predicted molar refractivity (Wildman–Crippen MR) is 65.6 cm³/mol. The van der Waals surface area contributed by atoms with E-state index in [0.29, 0.717) is 11.1 Å². The molecule has 0 unspecified atom stereocenters. The monoisotopic (exact) mass is 246 g/mol. The van der Waals surface area contributed by atoms with Crippen molar-refractivity contribution in [2.75, 3.05) is 6.54 Å². The van der Waals surface area contributed by atoms with Crippen molar-refractivity contribution in [1.82, 2.24) is 0 Å². The van der Waals surface area contributed by atoms with Gasteiger partial charge >= 0.3 is 0 Å². The number of benzene rings is 1. The molecular weight excluding hydrogens is 232 g/mol. The molecule has 1 aromatic rings. The van der Waals surface area contributed by atoms with Crippen molar-refractivity contribution in [1.29, 1.82) is 5.26 Å². The second-order valence-electron chi connectivity index (χ2n) is 4.74. The van der Waals surface area contributed by atoms with Crippen LogP contribution >= 0.6 is 0 Å². The molecule has 5 heteroatoms. The number of nitrogens with zero attached hydrogens (tertiary/aromatic N) is 2. The fraction of sp³-hybridized carbons (Fsp3) is 0.385. The molecule has 0 bridgehead atoms. The van der Waals surface area contributed by atoms with Crippen LogP contribution in [0.1, 0.15) is 30.9 Å². The predicted octanol–water partition coefficient (Wildman–Crippen LogP) is 2.14. The topological polar surface area (TPSA) is 84.0 Å². The third-order valence-corrected chi connectivity index (χ3v) is 2.98. The van der Waals surface area contributed by atoms with E-state index in [4.69, 9.17) is 5.26 Å². The average molecular weight is 246 g/mol. The van der Waals surface area contributed by atoms with Gasteiger partial charge in [0, 0.05) is 10.3 Å². The summed E-state index contributed by atoms with van der Waals surface area (Å²) >= 11 is 0. The van der Waals surface area contributed by atoms with Crippen molar-refractivity contribution in [2.45, 2.75) is 19.8 Å². The Morgan fingerprint density at radius 2 is 2.00 bits per heavy atom. The van der Waals surface area contributed by atoms with Crippen molar-refractivity contribution >= 4 is 6.29 Å². The van der Waals surface area contributed by atoms with Gasteiger partial charge in [-0.3, -0.25) is 10.1 Å². The molecule has 0 spiro atoms. The molecular formula is C13H14N2O3. The number of carbonyl (C=O) groups excluding carboxylic acids is 1. The smallest absolute Gasteiger partial charge is 0.211 e. The number of hydrogen-bond donors (Lipinski definition) is 0. The molecule has 0 amide bonds. The van der Waals surface area contributed by atoms with Crippen molar-refractivity contribution in [3.8, 4) is 6.07 Å². The standard InChI is InChI=1S/C13H14N2O3/c1-13(2,9-16)12(8-15(17)18)11-5-3-10(7-14)4-6-11/h3-6,9,12H,8H2,1-2H3/t12-/m1/s1. The van der Waals surface area contributed by atoms with Crippen molar-refractivity contribution in [3.05, 3.63) is 45.5 Å². The van der Waals surface area contributed by atoms with E-state index >= 15 is 0 Å². The van der Waals surface area contributed by atoms with Gasteiger partial charge in [-0.1, -0.05) is 26.0 Å². The highest BCUT2D eigenvalue weighted by Gasteiger charge is 2.34. The number of hydrogen-bond acceptors (Lipinski definition) is 4. The van der Waals surface area contributed by atoms with Gasteiger partial charge in [0.2, 0.25) is 6.54 Å². The molecule has 0 saturated carbocycles. The van der Waals surface area contributed by atoms with Gasteiger partial charge in [0.15, 0.2) is 0 Å². The van der Waals surface area contributed by atoms with E-state index in [1.54, 1.807) is 38.1 Å². The number of carbonyl (C=O) groups is 1. The summed E-state index contributed by atoms with van der Waals surface area (Å²) in [6.07, 6.45) is 0.735. The second-order valence-corrected chi connectivity index (χ2v) is 4.74. The Morgan fingerprint density at radius 3 is 2.39 bits per heavy atom. The van der Waals surface area contributed by atoms with Crippen molar-refractivity contribution < 1.29 is 9.72 Å². The molecule has 0 aliphatic carbocycles. The second kappa shape index (κ2) is 5.41. The van der Waals surface area contributed by atoms with Crippen LogP contribution in [0.3, 0.4) is 0 Å². The Morgan fingerprint density at radius 1 is 1.44 bits per heavy atom. The van der Waals surface area contributed by atoms with Crippen LogP contribution in [-0.2, 0) is 4.79 Å². The Hall–Kier alpha value is -2.22. The van der Waals surface area contributed by atoms with Gasteiger partial charge in [-0.15, -0.1) is 0 Å². The highest BCUT2D eigenvalue weighted by atomic mass is 16.6. The van der Waals surface area contributed by atoms with E-state index < -0.39 is 16.3 Å². The van der Waals surface area contributed by atoms with E-state index in [2.05, 4.69) is 0 Å². The Kier molecular flexibility index (Phi) is 4.16. The third-order valence-electron chi connectivity index (χ3n) is 2.98. The van der Waals surface area contributed by atoms with Gasteiger partial charge in [-0.05, 0) is 17.7 Å². The highest BCUT2D eigenvalue weighted by molar-refractivity contribution is 5.60. The molecule has 0 heterocycles. The van der Waals surface area contributed by atoms with E-state index in [9.17, 15) is 14.9 Å². The minimum Gasteiger partial charge on any atom is -0.303 e. The number of nitro groups is 1. The molecule has 0 aliphatic rings. The van der Waals surface area contributed by atoms with Crippen LogP contribution in [-0.4, -0.2) is 17.8 Å². The summed E-state index contributed by atoms with van der Waals surface area (Å²) in [6.45, 7) is 3.04. The van der Waals surface area contributed by atoms with Crippen LogP contribution < -0.4 is 0 Å². The highest BCUT2D eigenvalue weighted by Crippen LogP contribution is 2.34. The molecule has 0 radical (unpaired) electrons. The molecule has 1 aromatic carbocycles. The lowest BCUT2D eigenvalue weighted by atomic mass is 9.76. The third kappa shape index (κ3) is 3.14. The van der Waals surface area contributed by atoms with Gasteiger partial charge in [-0.25, -0.2) is 0 Å². The molecule has 0 aliphatic heterocycles. The van der Waals surface area contributed by atoms with Gasteiger partial charge < -0.3 is 4.79 Å².